The molecule has 6 nitrogen and oxygen atoms in total. The first-order chi connectivity index (χ1) is 14.6. The van der Waals surface area contributed by atoms with E-state index in [1.54, 1.807) is 11.1 Å². The zero-order chi connectivity index (χ0) is 20.7. The molecular formula is C24H20N2O4. The molecule has 0 fully saturated rings. The number of aromatic carboxylic acids is 1. The van der Waals surface area contributed by atoms with Gasteiger partial charge in [0.1, 0.15) is 6.61 Å². The Labute approximate surface area is 173 Å². The number of ether oxygens (including phenoxy) is 1. The third-order valence-electron chi connectivity index (χ3n) is 5.97. The minimum atomic E-state index is -1.03. The normalized spacial score (nSPS) is 14.6. The Morgan fingerprint density at radius 2 is 1.70 bits per heavy atom. The average Bonchev–Trinajstić information content (AvgIpc) is 3.10. The van der Waals surface area contributed by atoms with Crippen LogP contribution in [0, 0.1) is 0 Å². The highest BCUT2D eigenvalue weighted by Gasteiger charge is 2.31. The van der Waals surface area contributed by atoms with Crippen molar-refractivity contribution in [1.82, 2.24) is 9.88 Å². The van der Waals surface area contributed by atoms with Gasteiger partial charge in [0.05, 0.1) is 12.1 Å². The Morgan fingerprint density at radius 3 is 2.37 bits per heavy atom. The van der Waals surface area contributed by atoms with Crippen molar-refractivity contribution in [3.63, 3.8) is 0 Å². The van der Waals surface area contributed by atoms with Gasteiger partial charge in [-0.15, -0.1) is 0 Å². The minimum Gasteiger partial charge on any atom is -0.478 e. The Kier molecular flexibility index (Phi) is 4.47. The Balaban J connectivity index is 1.34. The maximum Gasteiger partial charge on any atom is 0.410 e. The van der Waals surface area contributed by atoms with Crippen molar-refractivity contribution >= 4 is 12.1 Å². The number of aromatic nitrogens is 1. The molecule has 6 heteroatoms. The van der Waals surface area contributed by atoms with Crippen molar-refractivity contribution in [2.24, 2.45) is 0 Å². The number of carbonyl (C=O) groups excluding carboxylic acids is 1. The molecular weight excluding hydrogens is 380 g/mol. The molecule has 2 aromatic carbocycles. The molecule has 0 saturated carbocycles. The molecule has 0 saturated heterocycles. The number of rotatable bonds is 3. The Hall–Kier alpha value is -3.67. The van der Waals surface area contributed by atoms with Gasteiger partial charge in [0.25, 0.3) is 0 Å². The van der Waals surface area contributed by atoms with E-state index < -0.39 is 12.1 Å². The first-order valence-electron chi connectivity index (χ1n) is 9.92. The van der Waals surface area contributed by atoms with Gasteiger partial charge in [-0.3, -0.25) is 4.98 Å². The molecule has 2 heterocycles. The number of carboxylic acid groups (broad SMARTS) is 1. The minimum absolute atomic E-state index is 0.00259. The molecule has 5 rings (SSSR count). The van der Waals surface area contributed by atoms with Gasteiger partial charge >= 0.3 is 12.1 Å². The van der Waals surface area contributed by atoms with Crippen LogP contribution >= 0.6 is 0 Å². The van der Waals surface area contributed by atoms with E-state index in [0.717, 1.165) is 16.7 Å². The van der Waals surface area contributed by atoms with Crippen molar-refractivity contribution in [3.8, 4) is 11.1 Å². The summed E-state index contributed by atoms with van der Waals surface area (Å²) in [5.74, 6) is -1.04. The second kappa shape index (κ2) is 7.30. The van der Waals surface area contributed by atoms with Gasteiger partial charge in [-0.05, 0) is 39.8 Å². The molecule has 3 aromatic rings. The summed E-state index contributed by atoms with van der Waals surface area (Å²) in [6.45, 7) is 0.947. The van der Waals surface area contributed by atoms with Crippen LogP contribution in [0.4, 0.5) is 4.79 Å². The number of carbonyl (C=O) groups is 2. The van der Waals surface area contributed by atoms with Crippen LogP contribution in [0.2, 0.25) is 0 Å². The number of fused-ring (bicyclic) bond motifs is 4. The number of carboxylic acids is 1. The molecule has 0 unspecified atom stereocenters. The summed E-state index contributed by atoms with van der Waals surface area (Å²) in [6.07, 6.45) is 3.16. The Bertz CT molecular complexity index is 1110. The van der Waals surface area contributed by atoms with Gasteiger partial charge in [0, 0.05) is 24.9 Å². The molecule has 1 aromatic heterocycles. The number of hydrogen-bond donors (Lipinski definition) is 1. The lowest BCUT2D eigenvalue weighted by Gasteiger charge is -2.29. The van der Waals surface area contributed by atoms with E-state index in [1.165, 1.54) is 17.3 Å². The van der Waals surface area contributed by atoms with Gasteiger partial charge in [0.15, 0.2) is 0 Å². The summed E-state index contributed by atoms with van der Waals surface area (Å²) in [5, 5.41) is 9.42. The van der Waals surface area contributed by atoms with Crippen LogP contribution in [-0.2, 0) is 17.7 Å². The average molecular weight is 400 g/mol. The van der Waals surface area contributed by atoms with Crippen LogP contribution < -0.4 is 0 Å². The van der Waals surface area contributed by atoms with Gasteiger partial charge in [-0.25, -0.2) is 9.59 Å². The molecule has 0 bridgehead atoms. The van der Waals surface area contributed by atoms with E-state index in [1.807, 2.05) is 24.3 Å². The van der Waals surface area contributed by atoms with Crippen molar-refractivity contribution in [2.45, 2.75) is 18.9 Å². The first-order valence-corrected chi connectivity index (χ1v) is 9.92. The summed E-state index contributed by atoms with van der Waals surface area (Å²) in [5.41, 5.74) is 6.34. The highest BCUT2D eigenvalue weighted by Crippen LogP contribution is 2.44. The fraction of sp³-hybridized carbons (Fsp3) is 0.208. The van der Waals surface area contributed by atoms with Crippen molar-refractivity contribution in [3.05, 3.63) is 88.7 Å². The van der Waals surface area contributed by atoms with Gasteiger partial charge in [-0.2, -0.15) is 0 Å². The van der Waals surface area contributed by atoms with Gasteiger partial charge in [0.2, 0.25) is 0 Å². The number of pyridine rings is 1. The fourth-order valence-corrected chi connectivity index (χ4v) is 4.48. The van der Waals surface area contributed by atoms with E-state index in [9.17, 15) is 14.7 Å². The molecule has 30 heavy (non-hydrogen) atoms. The van der Waals surface area contributed by atoms with E-state index in [2.05, 4.69) is 29.2 Å². The lowest BCUT2D eigenvalue weighted by molar-refractivity contribution is 0.0688. The van der Waals surface area contributed by atoms with Crippen LogP contribution in [0.1, 0.15) is 38.5 Å². The molecule has 1 aliphatic carbocycles. The van der Waals surface area contributed by atoms with Crippen molar-refractivity contribution in [1.29, 1.82) is 0 Å². The lowest BCUT2D eigenvalue weighted by atomic mass is 9.97. The molecule has 1 N–H and O–H groups in total. The fourth-order valence-electron chi connectivity index (χ4n) is 4.48. The Morgan fingerprint density at radius 1 is 1.03 bits per heavy atom. The van der Waals surface area contributed by atoms with Crippen LogP contribution in [0.3, 0.4) is 0 Å². The maximum atomic E-state index is 12.8. The number of amides is 1. The summed E-state index contributed by atoms with van der Waals surface area (Å²) < 4.78 is 5.72. The molecule has 150 valence electrons. The van der Waals surface area contributed by atoms with Crippen LogP contribution in [-0.4, -0.2) is 40.2 Å². The van der Waals surface area contributed by atoms with Crippen LogP contribution in [0.15, 0.2) is 60.9 Å². The zero-order valence-corrected chi connectivity index (χ0v) is 16.2. The molecule has 2 aliphatic rings. The van der Waals surface area contributed by atoms with E-state index in [-0.39, 0.29) is 24.6 Å². The van der Waals surface area contributed by atoms with Gasteiger partial charge < -0.3 is 14.7 Å². The highest BCUT2D eigenvalue weighted by atomic mass is 16.6. The van der Waals surface area contributed by atoms with Crippen molar-refractivity contribution in [2.75, 3.05) is 13.2 Å². The molecule has 1 aliphatic heterocycles. The first kappa shape index (κ1) is 18.4. The molecule has 1 amide bonds. The van der Waals surface area contributed by atoms with Crippen LogP contribution in [0.25, 0.3) is 11.1 Å². The van der Waals surface area contributed by atoms with E-state index in [0.29, 0.717) is 18.5 Å². The highest BCUT2D eigenvalue weighted by molar-refractivity contribution is 5.89. The quantitative estimate of drug-likeness (QED) is 0.716. The summed E-state index contributed by atoms with van der Waals surface area (Å²) in [4.78, 5) is 29.9. The summed E-state index contributed by atoms with van der Waals surface area (Å²) in [7, 11) is 0. The topological polar surface area (TPSA) is 79.7 Å². The summed E-state index contributed by atoms with van der Waals surface area (Å²) in [6, 6.07) is 16.4. The van der Waals surface area contributed by atoms with Gasteiger partial charge in [-0.1, -0.05) is 48.5 Å². The van der Waals surface area contributed by atoms with E-state index >= 15 is 0 Å². The molecule has 0 radical (unpaired) electrons. The van der Waals surface area contributed by atoms with Crippen LogP contribution in [0.5, 0.6) is 0 Å². The number of hydrogen-bond acceptors (Lipinski definition) is 4. The monoisotopic (exact) mass is 400 g/mol. The van der Waals surface area contributed by atoms with Crippen molar-refractivity contribution < 1.29 is 19.4 Å². The maximum absolute atomic E-state index is 12.8. The number of nitrogens with zero attached hydrogens (tertiary/aromatic N) is 2. The SMILES string of the molecule is O=C(O)c1cncc2c1CN(C(=O)OCC1c3ccccc3-c3ccccc31)CC2. The number of benzene rings is 2. The molecule has 0 spiro atoms. The smallest absolute Gasteiger partial charge is 0.410 e. The largest absolute Gasteiger partial charge is 0.478 e. The predicted molar refractivity (Wildman–Crippen MR) is 110 cm³/mol. The zero-order valence-electron chi connectivity index (χ0n) is 16.2. The van der Waals surface area contributed by atoms with E-state index in [4.69, 9.17) is 4.74 Å². The third-order valence-corrected chi connectivity index (χ3v) is 5.97. The predicted octanol–water partition coefficient (Wildman–Crippen LogP) is 4.09. The third kappa shape index (κ3) is 3.01. The molecule has 0 atom stereocenters. The standard InChI is InChI=1S/C24H20N2O4/c27-23(28)20-12-25-11-15-9-10-26(13-21(15)20)24(29)30-14-22-18-7-3-1-5-16(18)17-6-2-4-8-19(17)22/h1-8,11-12,22H,9-10,13-14H2,(H,27,28). The second-order valence-electron chi connectivity index (χ2n) is 7.61. The summed E-state index contributed by atoms with van der Waals surface area (Å²) >= 11 is 0. The lowest BCUT2D eigenvalue weighted by Crippen LogP contribution is -2.37. The second-order valence-corrected chi connectivity index (χ2v) is 7.61.